The van der Waals surface area contributed by atoms with Gasteiger partial charge in [-0.25, -0.2) is 8.60 Å². The lowest BCUT2D eigenvalue weighted by molar-refractivity contribution is 0.0945. The highest BCUT2D eigenvalue weighted by atomic mass is 32.2. The third kappa shape index (κ3) is 4.64. The molecule has 2 aromatic rings. The summed E-state index contributed by atoms with van der Waals surface area (Å²) < 4.78 is 31.5. The summed E-state index contributed by atoms with van der Waals surface area (Å²) in [7, 11) is -1.89. The van der Waals surface area contributed by atoms with Gasteiger partial charge in [0.2, 0.25) is 0 Å². The minimum atomic E-state index is -1.89. The van der Waals surface area contributed by atoms with E-state index in [1.165, 1.54) is 18.2 Å². The van der Waals surface area contributed by atoms with Gasteiger partial charge in [0.05, 0.1) is 11.0 Å². The van der Waals surface area contributed by atoms with Crippen LogP contribution in [0.3, 0.4) is 0 Å². The van der Waals surface area contributed by atoms with Gasteiger partial charge in [0, 0.05) is 5.56 Å². The van der Waals surface area contributed by atoms with Crippen molar-refractivity contribution in [1.82, 2.24) is 10.3 Å². The fourth-order valence-corrected chi connectivity index (χ4v) is 3.47. The van der Waals surface area contributed by atoms with Crippen LogP contribution < -0.4 is 15.0 Å². The molecule has 1 fully saturated rings. The van der Waals surface area contributed by atoms with E-state index in [1.54, 1.807) is 30.3 Å². The molecule has 0 spiro atoms. The van der Waals surface area contributed by atoms with E-state index in [4.69, 9.17) is 4.74 Å². The summed E-state index contributed by atoms with van der Waals surface area (Å²) in [6, 6.07) is 12.5. The second kappa shape index (κ2) is 8.22. The highest BCUT2D eigenvalue weighted by molar-refractivity contribution is 7.83. The molecule has 0 saturated heterocycles. The maximum atomic E-state index is 13.6. The van der Waals surface area contributed by atoms with Crippen molar-refractivity contribution in [2.24, 2.45) is 0 Å². The molecular weight excluding hydrogens is 343 g/mol. The molecular formula is C18H19FN2O3S. The molecule has 0 heterocycles. The lowest BCUT2D eigenvalue weighted by Crippen LogP contribution is -2.38. The van der Waals surface area contributed by atoms with Crippen molar-refractivity contribution in [2.75, 3.05) is 0 Å². The maximum Gasteiger partial charge on any atom is 0.266 e. The molecule has 1 aliphatic rings. The predicted molar refractivity (Wildman–Crippen MR) is 92.7 cm³/mol. The van der Waals surface area contributed by atoms with Crippen molar-refractivity contribution in [3.63, 3.8) is 0 Å². The summed E-state index contributed by atoms with van der Waals surface area (Å²) in [6.07, 6.45) is 4.58. The van der Waals surface area contributed by atoms with Crippen molar-refractivity contribution in [2.45, 2.75) is 36.7 Å². The van der Waals surface area contributed by atoms with Crippen LogP contribution in [0, 0.1) is 5.82 Å². The average Bonchev–Trinajstić information content (AvgIpc) is 3.13. The molecule has 25 heavy (non-hydrogen) atoms. The molecule has 1 atom stereocenters. The van der Waals surface area contributed by atoms with E-state index in [0.29, 0.717) is 11.3 Å². The molecule has 0 aromatic heterocycles. The van der Waals surface area contributed by atoms with Crippen molar-refractivity contribution in [3.8, 4) is 5.75 Å². The van der Waals surface area contributed by atoms with Crippen LogP contribution in [0.2, 0.25) is 0 Å². The zero-order chi connectivity index (χ0) is 17.6. The minimum Gasteiger partial charge on any atom is -0.490 e. The Bertz CT molecular complexity index is 778. The number of halogens is 1. The van der Waals surface area contributed by atoms with Gasteiger partial charge in [-0.3, -0.25) is 10.2 Å². The van der Waals surface area contributed by atoms with Gasteiger partial charge in [0.15, 0.2) is 0 Å². The highest BCUT2D eigenvalue weighted by Gasteiger charge is 2.17. The normalized spacial score (nSPS) is 15.7. The first-order valence-corrected chi connectivity index (χ1v) is 9.27. The number of hydrogen-bond acceptors (Lipinski definition) is 3. The van der Waals surface area contributed by atoms with Crippen LogP contribution in [0.1, 0.15) is 36.0 Å². The number of hydrazine groups is 1. The summed E-state index contributed by atoms with van der Waals surface area (Å²) in [5.74, 6) is -0.439. The summed E-state index contributed by atoms with van der Waals surface area (Å²) in [5, 5.41) is 0. The van der Waals surface area contributed by atoms with E-state index >= 15 is 0 Å². The van der Waals surface area contributed by atoms with E-state index < -0.39 is 22.7 Å². The lowest BCUT2D eigenvalue weighted by Gasteiger charge is -2.14. The van der Waals surface area contributed by atoms with Gasteiger partial charge >= 0.3 is 0 Å². The zero-order valence-electron chi connectivity index (χ0n) is 13.5. The minimum absolute atomic E-state index is 0.0267. The first-order chi connectivity index (χ1) is 12.1. The Balaban J connectivity index is 1.59. The molecule has 5 nitrogen and oxygen atoms in total. The van der Waals surface area contributed by atoms with Crippen molar-refractivity contribution in [3.05, 3.63) is 59.9 Å². The Morgan fingerprint density at radius 2 is 1.88 bits per heavy atom. The fourth-order valence-electron chi connectivity index (χ4n) is 2.72. The summed E-state index contributed by atoms with van der Waals surface area (Å²) >= 11 is 0. The van der Waals surface area contributed by atoms with Crippen molar-refractivity contribution >= 4 is 16.9 Å². The Hall–Kier alpha value is -2.25. The van der Waals surface area contributed by atoms with Crippen LogP contribution in [-0.2, 0) is 11.0 Å². The molecule has 3 rings (SSSR count). The molecule has 2 N–H and O–H groups in total. The number of hydrogen-bond donors (Lipinski definition) is 2. The van der Waals surface area contributed by atoms with E-state index in [-0.39, 0.29) is 11.0 Å². The van der Waals surface area contributed by atoms with Gasteiger partial charge in [0.25, 0.3) is 5.91 Å². The van der Waals surface area contributed by atoms with E-state index in [1.807, 2.05) is 0 Å². The van der Waals surface area contributed by atoms with Gasteiger partial charge < -0.3 is 4.74 Å². The Morgan fingerprint density at radius 3 is 2.64 bits per heavy atom. The Labute approximate surface area is 148 Å². The average molecular weight is 362 g/mol. The smallest absolute Gasteiger partial charge is 0.266 e. The second-order valence-corrected chi connectivity index (χ2v) is 6.99. The number of benzene rings is 2. The topological polar surface area (TPSA) is 67.4 Å². The van der Waals surface area contributed by atoms with E-state index in [0.717, 1.165) is 25.7 Å². The van der Waals surface area contributed by atoms with Gasteiger partial charge in [-0.05, 0) is 56.0 Å². The van der Waals surface area contributed by atoms with E-state index in [2.05, 4.69) is 10.3 Å². The molecule has 1 amide bonds. The predicted octanol–water partition coefficient (Wildman–Crippen LogP) is 3.10. The molecule has 1 saturated carbocycles. The standard InChI is InChI=1S/C18H19FN2O3S/c19-16-10-3-4-11-17(16)25(23)21-20-18(22)13-6-5-9-15(12-13)24-14-7-1-2-8-14/h3-6,9-12,14,21H,1-2,7-8H2,(H,20,22). The zero-order valence-corrected chi connectivity index (χ0v) is 14.4. The number of carbonyl (C=O) groups excluding carboxylic acids is 1. The monoisotopic (exact) mass is 362 g/mol. The molecule has 0 bridgehead atoms. The number of nitrogens with one attached hydrogen (secondary N) is 2. The molecule has 1 unspecified atom stereocenters. The van der Waals surface area contributed by atoms with Gasteiger partial charge in [-0.1, -0.05) is 18.2 Å². The quantitative estimate of drug-likeness (QED) is 0.776. The summed E-state index contributed by atoms with van der Waals surface area (Å²) in [5.41, 5.74) is 2.70. The van der Waals surface area contributed by atoms with Crippen molar-refractivity contribution < 1.29 is 18.1 Å². The van der Waals surface area contributed by atoms with Gasteiger partial charge in [-0.2, -0.15) is 0 Å². The SMILES string of the molecule is O=C(NNS(=O)c1ccccc1F)c1cccc(OC2CCCC2)c1. The molecule has 7 heteroatoms. The number of ether oxygens (including phenoxy) is 1. The summed E-state index contributed by atoms with van der Waals surface area (Å²) in [6.45, 7) is 0. The van der Waals surface area contributed by atoms with Gasteiger partial charge in [-0.15, -0.1) is 4.83 Å². The van der Waals surface area contributed by atoms with Gasteiger partial charge in [0.1, 0.15) is 22.6 Å². The van der Waals surface area contributed by atoms with Crippen LogP contribution in [0.4, 0.5) is 4.39 Å². The van der Waals surface area contributed by atoms with Crippen LogP contribution in [0.25, 0.3) is 0 Å². The maximum absolute atomic E-state index is 13.6. The number of rotatable bonds is 6. The number of amides is 1. The molecule has 132 valence electrons. The first kappa shape index (κ1) is 17.6. The third-order valence-electron chi connectivity index (χ3n) is 3.99. The molecule has 1 aliphatic carbocycles. The summed E-state index contributed by atoms with van der Waals surface area (Å²) in [4.78, 5) is 14.5. The Kier molecular flexibility index (Phi) is 5.78. The van der Waals surface area contributed by atoms with Crippen LogP contribution in [0.5, 0.6) is 5.75 Å². The Morgan fingerprint density at radius 1 is 1.12 bits per heavy atom. The first-order valence-electron chi connectivity index (χ1n) is 8.12. The molecule has 0 radical (unpaired) electrons. The third-order valence-corrected chi connectivity index (χ3v) is 5.01. The van der Waals surface area contributed by atoms with Crippen LogP contribution in [-0.4, -0.2) is 16.2 Å². The van der Waals surface area contributed by atoms with Crippen LogP contribution in [0.15, 0.2) is 53.4 Å². The van der Waals surface area contributed by atoms with E-state index in [9.17, 15) is 13.4 Å². The molecule has 2 aromatic carbocycles. The lowest BCUT2D eigenvalue weighted by atomic mass is 10.2. The largest absolute Gasteiger partial charge is 0.490 e. The fraction of sp³-hybridized carbons (Fsp3) is 0.278. The van der Waals surface area contributed by atoms with Crippen LogP contribution >= 0.6 is 0 Å². The molecule has 0 aliphatic heterocycles. The van der Waals surface area contributed by atoms with Crippen molar-refractivity contribution in [1.29, 1.82) is 0 Å². The highest BCUT2D eigenvalue weighted by Crippen LogP contribution is 2.24. The number of carbonyl (C=O) groups is 1. The second-order valence-electron chi connectivity index (χ2n) is 5.81.